The number of para-hydroxylation sites is 1. The summed E-state index contributed by atoms with van der Waals surface area (Å²) in [5.74, 6) is 0.944. The highest BCUT2D eigenvalue weighted by atomic mass is 35.5. The Morgan fingerprint density at radius 1 is 1.09 bits per heavy atom. The monoisotopic (exact) mass is 495 g/mol. The number of halogens is 3. The van der Waals surface area contributed by atoms with Crippen LogP contribution in [0.1, 0.15) is 11.1 Å². The highest BCUT2D eigenvalue weighted by Crippen LogP contribution is 2.32. The van der Waals surface area contributed by atoms with Crippen molar-refractivity contribution in [2.75, 3.05) is 25.5 Å². The van der Waals surface area contributed by atoms with Crippen LogP contribution >= 0.6 is 24.0 Å². The van der Waals surface area contributed by atoms with Crippen molar-refractivity contribution in [3.05, 3.63) is 92.7 Å². The van der Waals surface area contributed by atoms with Gasteiger partial charge in [0.2, 0.25) is 0 Å². The first-order valence-corrected chi connectivity index (χ1v) is 10.3. The van der Waals surface area contributed by atoms with E-state index in [4.69, 9.17) is 21.1 Å². The molecule has 33 heavy (non-hydrogen) atoms. The lowest BCUT2D eigenvalue weighted by atomic mass is 10.1. The first kappa shape index (κ1) is 26.2. The fraction of sp³-hybridized carbons (Fsp3) is 0.217. The normalized spacial score (nSPS) is 10.3. The van der Waals surface area contributed by atoms with E-state index >= 15 is 0 Å². The van der Waals surface area contributed by atoms with Gasteiger partial charge in [-0.05, 0) is 29.8 Å². The Hall–Kier alpha value is -3.07. The Kier molecular flexibility index (Phi) is 10.2. The third-order valence-electron chi connectivity index (χ3n) is 4.67. The topological polar surface area (TPSA) is 85.7 Å². The van der Waals surface area contributed by atoms with Crippen molar-refractivity contribution in [3.8, 4) is 11.5 Å². The highest BCUT2D eigenvalue weighted by molar-refractivity contribution is 6.33. The molecular weight excluding hydrogens is 472 g/mol. The second-order valence-corrected chi connectivity index (χ2v) is 7.30. The molecule has 176 valence electrons. The summed E-state index contributed by atoms with van der Waals surface area (Å²) < 4.78 is 24.5. The van der Waals surface area contributed by atoms with Gasteiger partial charge in [0, 0.05) is 37.3 Å². The van der Waals surface area contributed by atoms with Crippen LogP contribution in [-0.4, -0.2) is 25.1 Å². The van der Waals surface area contributed by atoms with E-state index in [2.05, 4.69) is 10.6 Å². The van der Waals surface area contributed by atoms with Crippen LogP contribution in [0.25, 0.3) is 0 Å². The van der Waals surface area contributed by atoms with Crippen LogP contribution < -0.4 is 20.1 Å². The van der Waals surface area contributed by atoms with E-state index in [0.717, 1.165) is 11.1 Å². The molecule has 0 amide bonds. The van der Waals surface area contributed by atoms with Gasteiger partial charge in [-0.1, -0.05) is 35.9 Å². The maximum atomic E-state index is 13.1. The van der Waals surface area contributed by atoms with Crippen molar-refractivity contribution in [2.45, 2.75) is 13.2 Å². The van der Waals surface area contributed by atoms with Crippen molar-refractivity contribution in [3.63, 3.8) is 0 Å². The van der Waals surface area contributed by atoms with Crippen LogP contribution in [0.5, 0.6) is 11.5 Å². The Balaban J connectivity index is 0.00000385. The van der Waals surface area contributed by atoms with E-state index in [0.29, 0.717) is 41.8 Å². The molecule has 0 atom stereocenters. The number of nitro benzene ring substituents is 1. The number of nitrogens with one attached hydrogen (secondary N) is 2. The van der Waals surface area contributed by atoms with Gasteiger partial charge in [0.05, 0.1) is 22.7 Å². The summed E-state index contributed by atoms with van der Waals surface area (Å²) in [7, 11) is 1.58. The molecule has 0 aliphatic carbocycles. The third-order valence-corrected chi connectivity index (χ3v) is 4.99. The second-order valence-electron chi connectivity index (χ2n) is 6.89. The summed E-state index contributed by atoms with van der Waals surface area (Å²) in [4.78, 5) is 10.3. The summed E-state index contributed by atoms with van der Waals surface area (Å²) in [6.45, 7) is 1.99. The van der Waals surface area contributed by atoms with Gasteiger partial charge in [-0.15, -0.1) is 12.4 Å². The molecule has 3 rings (SSSR count). The lowest BCUT2D eigenvalue weighted by Gasteiger charge is -2.16. The lowest BCUT2D eigenvalue weighted by Crippen LogP contribution is -2.22. The number of non-ortho nitro benzene ring substituents is 1. The number of nitro groups is 1. The average molecular weight is 496 g/mol. The molecule has 0 saturated carbocycles. The van der Waals surface area contributed by atoms with Crippen LogP contribution in [-0.2, 0) is 13.2 Å². The largest absolute Gasteiger partial charge is 0.493 e. The van der Waals surface area contributed by atoms with Gasteiger partial charge in [-0.25, -0.2) is 4.39 Å². The molecule has 0 fully saturated rings. The predicted octanol–water partition coefficient (Wildman–Crippen LogP) is 5.60. The number of benzene rings is 3. The molecule has 0 unspecified atom stereocenters. The van der Waals surface area contributed by atoms with Crippen LogP contribution in [0.3, 0.4) is 0 Å². The zero-order valence-electron chi connectivity index (χ0n) is 17.8. The van der Waals surface area contributed by atoms with Gasteiger partial charge in [-0.3, -0.25) is 10.1 Å². The molecule has 0 radical (unpaired) electrons. The maximum Gasteiger partial charge on any atom is 0.271 e. The number of hydrogen-bond donors (Lipinski definition) is 2. The average Bonchev–Trinajstić information content (AvgIpc) is 2.79. The Bertz CT molecular complexity index is 1070. The smallest absolute Gasteiger partial charge is 0.271 e. The number of methoxy groups -OCH3 is 1. The summed E-state index contributed by atoms with van der Waals surface area (Å²) in [6, 6.07) is 16.1. The van der Waals surface area contributed by atoms with Gasteiger partial charge in [0.1, 0.15) is 12.4 Å². The van der Waals surface area contributed by atoms with E-state index in [-0.39, 0.29) is 30.5 Å². The molecule has 0 saturated heterocycles. The molecule has 0 heterocycles. The number of hydrogen-bond acceptors (Lipinski definition) is 6. The Labute approximate surface area is 202 Å². The zero-order chi connectivity index (χ0) is 22.9. The molecule has 2 N–H and O–H groups in total. The fourth-order valence-electron chi connectivity index (χ4n) is 3.03. The zero-order valence-corrected chi connectivity index (χ0v) is 19.4. The summed E-state index contributed by atoms with van der Waals surface area (Å²) in [5.41, 5.74) is 2.34. The van der Waals surface area contributed by atoms with Crippen molar-refractivity contribution < 1.29 is 18.8 Å². The van der Waals surface area contributed by atoms with Crippen LogP contribution in [0.2, 0.25) is 5.02 Å². The van der Waals surface area contributed by atoms with E-state index < -0.39 is 4.92 Å². The van der Waals surface area contributed by atoms with E-state index in [1.54, 1.807) is 25.3 Å². The van der Waals surface area contributed by atoms with Gasteiger partial charge >= 0.3 is 0 Å². The van der Waals surface area contributed by atoms with E-state index in [9.17, 15) is 14.5 Å². The third kappa shape index (κ3) is 7.49. The van der Waals surface area contributed by atoms with Crippen molar-refractivity contribution in [1.82, 2.24) is 5.32 Å². The van der Waals surface area contributed by atoms with E-state index in [1.165, 1.54) is 24.3 Å². The van der Waals surface area contributed by atoms with Gasteiger partial charge in [-0.2, -0.15) is 0 Å². The molecule has 7 nitrogen and oxygen atoms in total. The van der Waals surface area contributed by atoms with Crippen LogP contribution in [0, 0.1) is 15.9 Å². The minimum Gasteiger partial charge on any atom is -0.493 e. The van der Waals surface area contributed by atoms with Gasteiger partial charge < -0.3 is 20.1 Å². The second kappa shape index (κ2) is 12.8. The SMILES string of the molecule is COc1cccc(CNCCNc2ccc([N+](=O)[O-])cc2Cl)c1OCc1ccc(F)cc1.Cl. The van der Waals surface area contributed by atoms with Crippen LogP contribution in [0.15, 0.2) is 60.7 Å². The molecule has 0 aliphatic heterocycles. The highest BCUT2D eigenvalue weighted by Gasteiger charge is 2.12. The Morgan fingerprint density at radius 2 is 1.85 bits per heavy atom. The molecule has 10 heteroatoms. The predicted molar refractivity (Wildman–Crippen MR) is 129 cm³/mol. The lowest BCUT2D eigenvalue weighted by molar-refractivity contribution is -0.384. The van der Waals surface area contributed by atoms with Gasteiger partial charge in [0.25, 0.3) is 5.69 Å². The molecule has 3 aromatic carbocycles. The first-order valence-electron chi connectivity index (χ1n) is 9.89. The molecular formula is C23H24Cl2FN3O4. The first-order chi connectivity index (χ1) is 15.5. The molecule has 3 aromatic rings. The number of ether oxygens (including phenoxy) is 2. The summed E-state index contributed by atoms with van der Waals surface area (Å²) >= 11 is 6.09. The molecule has 0 aromatic heterocycles. The van der Waals surface area contributed by atoms with Gasteiger partial charge in [0.15, 0.2) is 11.5 Å². The quantitative estimate of drug-likeness (QED) is 0.204. The number of anilines is 1. The van der Waals surface area contributed by atoms with E-state index in [1.807, 2.05) is 18.2 Å². The molecule has 0 aliphatic rings. The number of nitrogens with zero attached hydrogens (tertiary/aromatic N) is 1. The minimum atomic E-state index is -0.485. The maximum absolute atomic E-state index is 13.1. The molecule has 0 bridgehead atoms. The fourth-order valence-corrected chi connectivity index (χ4v) is 3.27. The van der Waals surface area contributed by atoms with Crippen molar-refractivity contribution in [2.24, 2.45) is 0 Å². The number of rotatable bonds is 11. The minimum absolute atomic E-state index is 0. The summed E-state index contributed by atoms with van der Waals surface area (Å²) in [6.07, 6.45) is 0. The molecule has 0 spiro atoms. The van der Waals surface area contributed by atoms with Crippen LogP contribution in [0.4, 0.5) is 15.8 Å². The standard InChI is InChI=1S/C23H23ClFN3O4.ClH/c1-31-22-4-2-3-17(23(22)32-15-16-5-7-18(25)8-6-16)14-26-11-12-27-21-10-9-19(28(29)30)13-20(21)24;/h2-10,13,26-27H,11-12,14-15H2,1H3;1H. The Morgan fingerprint density at radius 3 is 2.52 bits per heavy atom. The summed E-state index contributed by atoms with van der Waals surface area (Å²) in [5, 5.41) is 17.6. The van der Waals surface area contributed by atoms with Crippen molar-refractivity contribution >= 4 is 35.4 Å². The van der Waals surface area contributed by atoms with Crippen molar-refractivity contribution in [1.29, 1.82) is 0 Å².